The molecule has 0 aliphatic heterocycles. The third kappa shape index (κ3) is 4.26. The van der Waals surface area contributed by atoms with Crippen molar-refractivity contribution in [1.82, 2.24) is 0 Å². The molecule has 0 bridgehead atoms. The molecule has 0 aromatic rings. The maximum absolute atomic E-state index is 13.6. The van der Waals surface area contributed by atoms with E-state index in [9.17, 15) is 42.8 Å². The van der Waals surface area contributed by atoms with Crippen LogP contribution in [0.25, 0.3) is 0 Å². The van der Waals surface area contributed by atoms with Gasteiger partial charge in [-0.3, -0.25) is 4.55 Å². The van der Waals surface area contributed by atoms with Crippen molar-refractivity contribution >= 4 is 41.8 Å². The summed E-state index contributed by atoms with van der Waals surface area (Å²) >= 11 is -1.05. The Hall–Kier alpha value is -0.240. The standard InChI is InChI=1S/C8H12F4O10S4/c9-7(10,23-22-21-13)24(14,15)5-1-3-6(4-2-5)25(16,17)8(11,12)26(18,19)20/h5-6,13H,1-4H2,(H,18,19,20). The minimum Gasteiger partial charge on any atom is -0.280 e. The SMILES string of the molecule is O=S(=O)(O)C(F)(F)S(=O)(=O)C1CCC(S(=O)(=O)C(F)(F)SOOO)CC1. The zero-order valence-electron chi connectivity index (χ0n) is 12.3. The molecule has 1 aliphatic carbocycles. The van der Waals surface area contributed by atoms with Gasteiger partial charge < -0.3 is 0 Å². The van der Waals surface area contributed by atoms with Gasteiger partial charge in [-0.15, -0.1) is 4.33 Å². The second-order valence-corrected chi connectivity index (χ2v) is 12.5. The third-order valence-electron chi connectivity index (χ3n) is 3.62. The molecule has 0 radical (unpaired) electrons. The highest BCUT2D eigenvalue weighted by Gasteiger charge is 2.61. The first-order chi connectivity index (χ1) is 11.5. The van der Waals surface area contributed by atoms with Gasteiger partial charge in [-0.1, -0.05) is 5.04 Å². The van der Waals surface area contributed by atoms with Crippen LogP contribution >= 0.6 is 12.0 Å². The molecule has 1 fully saturated rings. The molecule has 0 atom stereocenters. The summed E-state index contributed by atoms with van der Waals surface area (Å²) in [6.07, 6.45) is -3.33. The Morgan fingerprint density at radius 3 is 1.58 bits per heavy atom. The summed E-state index contributed by atoms with van der Waals surface area (Å²) in [6, 6.07) is 0. The van der Waals surface area contributed by atoms with Crippen LogP contribution in [0.4, 0.5) is 17.6 Å². The highest BCUT2D eigenvalue weighted by Crippen LogP contribution is 2.43. The Morgan fingerprint density at radius 2 is 1.23 bits per heavy atom. The molecule has 10 nitrogen and oxygen atoms in total. The Kier molecular flexibility index (Phi) is 7.00. The van der Waals surface area contributed by atoms with Gasteiger partial charge in [0.2, 0.25) is 19.7 Å². The molecule has 1 aliphatic rings. The first kappa shape index (κ1) is 23.8. The predicted molar refractivity (Wildman–Crippen MR) is 77.7 cm³/mol. The van der Waals surface area contributed by atoms with E-state index < -0.39 is 87.2 Å². The number of alkyl halides is 4. The van der Waals surface area contributed by atoms with Crippen molar-refractivity contribution in [2.24, 2.45) is 0 Å². The lowest BCUT2D eigenvalue weighted by Crippen LogP contribution is -2.46. The summed E-state index contributed by atoms with van der Waals surface area (Å²) < 4.78 is 124. The van der Waals surface area contributed by atoms with Gasteiger partial charge in [-0.25, -0.2) is 22.1 Å². The van der Waals surface area contributed by atoms with Gasteiger partial charge >= 0.3 is 19.3 Å². The van der Waals surface area contributed by atoms with Crippen LogP contribution in [0.3, 0.4) is 0 Å². The lowest BCUT2D eigenvalue weighted by molar-refractivity contribution is -0.433. The lowest BCUT2D eigenvalue weighted by Gasteiger charge is -2.30. The number of halogens is 4. The number of sulfone groups is 2. The average Bonchev–Trinajstić information content (AvgIpc) is 2.51. The van der Waals surface area contributed by atoms with Crippen LogP contribution in [0, 0.1) is 0 Å². The molecule has 1 rings (SSSR count). The summed E-state index contributed by atoms with van der Waals surface area (Å²) in [6.45, 7) is 0. The van der Waals surface area contributed by atoms with Gasteiger partial charge in [0.05, 0.1) is 10.5 Å². The second-order valence-electron chi connectivity index (χ2n) is 5.12. The molecular weight excluding hydrogens is 460 g/mol. The van der Waals surface area contributed by atoms with Gasteiger partial charge in [-0.05, 0) is 25.7 Å². The molecule has 0 unspecified atom stereocenters. The van der Waals surface area contributed by atoms with Crippen molar-refractivity contribution in [3.05, 3.63) is 0 Å². The smallest absolute Gasteiger partial charge is 0.280 e. The van der Waals surface area contributed by atoms with Crippen LogP contribution in [0.2, 0.25) is 0 Å². The summed E-state index contributed by atoms with van der Waals surface area (Å²) in [5, 5.41) is 6.75. The van der Waals surface area contributed by atoms with Crippen LogP contribution in [0.1, 0.15) is 25.7 Å². The number of rotatable bonds is 8. The van der Waals surface area contributed by atoms with Crippen LogP contribution < -0.4 is 0 Å². The molecule has 0 spiro atoms. The molecule has 0 aromatic heterocycles. The van der Waals surface area contributed by atoms with E-state index in [1.165, 1.54) is 0 Å². The summed E-state index contributed by atoms with van der Waals surface area (Å²) in [5.41, 5.74) is 0. The Labute approximate surface area is 149 Å². The summed E-state index contributed by atoms with van der Waals surface area (Å²) in [7, 11) is -17.4. The van der Waals surface area contributed by atoms with Crippen molar-refractivity contribution in [3.8, 4) is 0 Å². The first-order valence-corrected chi connectivity index (χ1v) is 11.6. The highest BCUT2D eigenvalue weighted by molar-refractivity contribution is 8.11. The fourth-order valence-electron chi connectivity index (χ4n) is 2.29. The van der Waals surface area contributed by atoms with Crippen LogP contribution in [0.5, 0.6) is 0 Å². The minimum absolute atomic E-state index is 0.802. The van der Waals surface area contributed by atoms with Gasteiger partial charge in [0.25, 0.3) is 0 Å². The summed E-state index contributed by atoms with van der Waals surface area (Å²) in [4.78, 5) is 0. The van der Waals surface area contributed by atoms with Gasteiger partial charge in [0.15, 0.2) is 0 Å². The molecule has 0 amide bonds. The topological polar surface area (TPSA) is 161 Å². The molecule has 0 aromatic carbocycles. The quantitative estimate of drug-likeness (QED) is 0.172. The monoisotopic (exact) mass is 472 g/mol. The molecular formula is C8H12F4O10S4. The van der Waals surface area contributed by atoms with E-state index in [4.69, 9.17) is 9.81 Å². The van der Waals surface area contributed by atoms with Crippen molar-refractivity contribution in [1.29, 1.82) is 0 Å². The maximum atomic E-state index is 13.6. The zero-order chi connectivity index (χ0) is 20.6. The Balaban J connectivity index is 2.97. The average molecular weight is 472 g/mol. The molecule has 2 N–H and O–H groups in total. The van der Waals surface area contributed by atoms with E-state index >= 15 is 0 Å². The summed E-state index contributed by atoms with van der Waals surface area (Å²) in [5.74, 6) is 0. The van der Waals surface area contributed by atoms with Crippen LogP contribution in [0.15, 0.2) is 0 Å². The van der Waals surface area contributed by atoms with E-state index in [0.29, 0.717) is 0 Å². The second kappa shape index (κ2) is 7.64. The highest BCUT2D eigenvalue weighted by atomic mass is 32.3. The largest absolute Gasteiger partial charge is 0.470 e. The normalized spacial score (nSPS) is 23.8. The number of hydrogen-bond donors (Lipinski definition) is 2. The Morgan fingerprint density at radius 1 is 0.846 bits per heavy atom. The van der Waals surface area contributed by atoms with Gasteiger partial charge in [0.1, 0.15) is 12.0 Å². The van der Waals surface area contributed by atoms with Gasteiger partial charge in [-0.2, -0.15) is 26.0 Å². The fraction of sp³-hybridized carbons (Fsp3) is 1.00. The zero-order valence-corrected chi connectivity index (χ0v) is 15.6. The molecule has 0 saturated heterocycles. The molecule has 156 valence electrons. The third-order valence-corrected chi connectivity index (χ3v) is 10.8. The molecule has 18 heteroatoms. The first-order valence-electron chi connectivity index (χ1n) is 6.38. The fourth-order valence-corrected chi connectivity index (χ4v) is 7.41. The predicted octanol–water partition coefficient (Wildman–Crippen LogP) is 1.19. The van der Waals surface area contributed by atoms with E-state index in [2.05, 4.69) is 9.37 Å². The van der Waals surface area contributed by atoms with E-state index in [-0.39, 0.29) is 0 Å². The van der Waals surface area contributed by atoms with E-state index in [0.717, 1.165) is 0 Å². The molecule has 26 heavy (non-hydrogen) atoms. The van der Waals surface area contributed by atoms with E-state index in [1.807, 2.05) is 0 Å². The van der Waals surface area contributed by atoms with Crippen LogP contribution in [-0.2, 0) is 39.2 Å². The van der Waals surface area contributed by atoms with E-state index in [1.54, 1.807) is 0 Å². The maximum Gasteiger partial charge on any atom is 0.470 e. The minimum atomic E-state index is -6.30. The van der Waals surface area contributed by atoms with Gasteiger partial charge in [0, 0.05) is 0 Å². The van der Waals surface area contributed by atoms with Crippen molar-refractivity contribution < 1.29 is 62.0 Å². The van der Waals surface area contributed by atoms with Crippen molar-refractivity contribution in [2.75, 3.05) is 0 Å². The lowest BCUT2D eigenvalue weighted by atomic mass is 10.00. The Bertz CT molecular complexity index is 813. The van der Waals surface area contributed by atoms with Crippen molar-refractivity contribution in [2.45, 2.75) is 45.4 Å². The van der Waals surface area contributed by atoms with Crippen LogP contribution in [-0.4, -0.2) is 54.7 Å². The molecule has 0 heterocycles. The number of hydrogen-bond acceptors (Lipinski definition) is 10. The molecule has 1 saturated carbocycles. The van der Waals surface area contributed by atoms with Crippen molar-refractivity contribution in [3.63, 3.8) is 0 Å².